The van der Waals surface area contributed by atoms with Crippen LogP contribution >= 0.6 is 11.8 Å². The van der Waals surface area contributed by atoms with Crippen LogP contribution in [-0.2, 0) is 20.1 Å². The fourth-order valence-electron chi connectivity index (χ4n) is 2.62. The van der Waals surface area contributed by atoms with Crippen molar-refractivity contribution in [3.8, 4) is 0 Å². The number of rotatable bonds is 14. The van der Waals surface area contributed by atoms with Crippen LogP contribution in [0.5, 0.6) is 0 Å². The van der Waals surface area contributed by atoms with E-state index >= 15 is 0 Å². The summed E-state index contributed by atoms with van der Waals surface area (Å²) in [7, 11) is 0. The Morgan fingerprint density at radius 1 is 1.09 bits per heavy atom. The largest absolute Gasteiger partial charge is 0.481 e. The van der Waals surface area contributed by atoms with Gasteiger partial charge in [-0.05, 0) is 36.5 Å². The summed E-state index contributed by atoms with van der Waals surface area (Å²) in [6.45, 7) is 3.91. The standard InChI is InChI=1S/C21H33N5O5S/c1-13(2)18(22)20(30)26-16(4-3-10-24-21(23)31)19(29)25-15-7-5-14(6-8-15)12-32-11-9-17(27)28/h5-8,13,16,18H,3-4,9-12,22H2,1-2H3,(H,25,29)(H,26,30)(H,27,28)(H3,23,24,31)/t16?,18-/m0/s1. The number of primary amides is 1. The van der Waals surface area contributed by atoms with Crippen LogP contribution in [0, 0.1) is 5.92 Å². The van der Waals surface area contributed by atoms with Crippen molar-refractivity contribution in [1.82, 2.24) is 10.6 Å². The molecule has 178 valence electrons. The number of hydrogen-bond acceptors (Lipinski definition) is 6. The average Bonchev–Trinajstić information content (AvgIpc) is 2.73. The lowest BCUT2D eigenvalue weighted by Gasteiger charge is -2.22. The molecule has 0 saturated carbocycles. The summed E-state index contributed by atoms with van der Waals surface area (Å²) in [5.74, 6) is -0.528. The molecular formula is C21H33N5O5S. The number of amides is 4. The number of aliphatic carboxylic acids is 1. The molecule has 1 aromatic carbocycles. The zero-order valence-corrected chi connectivity index (χ0v) is 19.2. The first-order valence-corrected chi connectivity index (χ1v) is 11.5. The quantitative estimate of drug-likeness (QED) is 0.223. The summed E-state index contributed by atoms with van der Waals surface area (Å²) in [4.78, 5) is 46.5. The molecule has 0 aromatic heterocycles. The number of carbonyl (C=O) groups excluding carboxylic acids is 3. The van der Waals surface area contributed by atoms with Crippen molar-refractivity contribution in [3.63, 3.8) is 0 Å². The Kier molecular flexibility index (Phi) is 12.2. The number of anilines is 1. The topological polar surface area (TPSA) is 177 Å². The number of carboxylic acids is 1. The zero-order chi connectivity index (χ0) is 24.1. The molecule has 4 amide bonds. The molecule has 0 aliphatic carbocycles. The van der Waals surface area contributed by atoms with E-state index in [1.165, 1.54) is 11.8 Å². The molecule has 11 heteroatoms. The molecule has 0 fully saturated rings. The van der Waals surface area contributed by atoms with Crippen LogP contribution in [0.25, 0.3) is 0 Å². The summed E-state index contributed by atoms with van der Waals surface area (Å²) in [5.41, 5.74) is 12.5. The van der Waals surface area contributed by atoms with Gasteiger partial charge < -0.3 is 32.5 Å². The predicted octanol–water partition coefficient (Wildman–Crippen LogP) is 1.25. The van der Waals surface area contributed by atoms with Crippen LogP contribution in [0.2, 0.25) is 0 Å². The molecule has 0 spiro atoms. The molecule has 1 rings (SSSR count). The van der Waals surface area contributed by atoms with E-state index in [0.717, 1.165) is 5.56 Å². The number of benzene rings is 1. The molecule has 0 aliphatic heterocycles. The van der Waals surface area contributed by atoms with Gasteiger partial charge in [-0.3, -0.25) is 14.4 Å². The highest BCUT2D eigenvalue weighted by Crippen LogP contribution is 2.16. The van der Waals surface area contributed by atoms with Crippen LogP contribution in [0.3, 0.4) is 0 Å². The van der Waals surface area contributed by atoms with Gasteiger partial charge in [0.15, 0.2) is 0 Å². The normalized spacial score (nSPS) is 12.6. The van der Waals surface area contributed by atoms with Crippen molar-refractivity contribution < 1.29 is 24.3 Å². The Morgan fingerprint density at radius 3 is 2.31 bits per heavy atom. The van der Waals surface area contributed by atoms with Gasteiger partial charge in [0.1, 0.15) is 6.04 Å². The van der Waals surface area contributed by atoms with Crippen molar-refractivity contribution >= 4 is 41.3 Å². The van der Waals surface area contributed by atoms with E-state index in [1.54, 1.807) is 12.1 Å². The van der Waals surface area contributed by atoms with E-state index in [9.17, 15) is 19.2 Å². The van der Waals surface area contributed by atoms with Gasteiger partial charge in [0, 0.05) is 23.7 Å². The van der Waals surface area contributed by atoms with Gasteiger partial charge in [-0.1, -0.05) is 26.0 Å². The van der Waals surface area contributed by atoms with E-state index in [-0.39, 0.29) is 18.9 Å². The predicted molar refractivity (Wildman–Crippen MR) is 125 cm³/mol. The third kappa shape index (κ3) is 11.0. The highest BCUT2D eigenvalue weighted by Gasteiger charge is 2.25. The van der Waals surface area contributed by atoms with Crippen molar-refractivity contribution in [2.24, 2.45) is 17.4 Å². The van der Waals surface area contributed by atoms with Crippen molar-refractivity contribution in [3.05, 3.63) is 29.8 Å². The highest BCUT2D eigenvalue weighted by molar-refractivity contribution is 7.98. The minimum Gasteiger partial charge on any atom is -0.481 e. The van der Waals surface area contributed by atoms with Crippen LogP contribution < -0.4 is 27.4 Å². The summed E-state index contributed by atoms with van der Waals surface area (Å²) in [6.07, 6.45) is 0.840. The monoisotopic (exact) mass is 467 g/mol. The van der Waals surface area contributed by atoms with Crippen LogP contribution in [0.15, 0.2) is 24.3 Å². The lowest BCUT2D eigenvalue weighted by molar-refractivity contribution is -0.136. The Balaban J connectivity index is 2.69. The second-order valence-electron chi connectivity index (χ2n) is 7.65. The highest BCUT2D eigenvalue weighted by atomic mass is 32.2. The van der Waals surface area contributed by atoms with Crippen molar-refractivity contribution in [2.45, 2.75) is 50.9 Å². The second-order valence-corrected chi connectivity index (χ2v) is 8.75. The number of hydrogen-bond donors (Lipinski definition) is 6. The smallest absolute Gasteiger partial charge is 0.312 e. The Morgan fingerprint density at radius 2 is 1.75 bits per heavy atom. The number of urea groups is 1. The van der Waals surface area contributed by atoms with E-state index in [2.05, 4.69) is 16.0 Å². The van der Waals surface area contributed by atoms with E-state index in [0.29, 0.717) is 30.0 Å². The first-order valence-electron chi connectivity index (χ1n) is 10.4. The van der Waals surface area contributed by atoms with Gasteiger partial charge in [0.05, 0.1) is 12.5 Å². The van der Waals surface area contributed by atoms with E-state index < -0.39 is 35.9 Å². The van der Waals surface area contributed by atoms with Crippen LogP contribution in [0.1, 0.15) is 38.7 Å². The Bertz CT molecular complexity index is 772. The summed E-state index contributed by atoms with van der Waals surface area (Å²) >= 11 is 1.52. The number of nitrogens with two attached hydrogens (primary N) is 2. The molecule has 1 aromatic rings. The van der Waals surface area contributed by atoms with Gasteiger partial charge in [0.25, 0.3) is 0 Å². The molecule has 0 heterocycles. The zero-order valence-electron chi connectivity index (χ0n) is 18.4. The molecular weight excluding hydrogens is 434 g/mol. The van der Waals surface area contributed by atoms with Crippen molar-refractivity contribution in [1.29, 1.82) is 0 Å². The molecule has 0 bridgehead atoms. The number of carboxylic acid groups (broad SMARTS) is 1. The third-order valence-corrected chi connectivity index (χ3v) is 5.60. The summed E-state index contributed by atoms with van der Waals surface area (Å²) in [6, 6.07) is 4.97. The maximum Gasteiger partial charge on any atom is 0.312 e. The molecule has 32 heavy (non-hydrogen) atoms. The second kappa shape index (κ2) is 14.3. The average molecular weight is 468 g/mol. The molecule has 0 saturated heterocycles. The number of thioether (sulfide) groups is 1. The first kappa shape index (κ1) is 27.2. The molecule has 0 aliphatic rings. The molecule has 8 N–H and O–H groups in total. The first-order chi connectivity index (χ1) is 15.1. The number of nitrogens with one attached hydrogen (secondary N) is 3. The minimum absolute atomic E-state index is 0.0869. The van der Waals surface area contributed by atoms with Crippen LogP contribution in [0.4, 0.5) is 10.5 Å². The van der Waals surface area contributed by atoms with Gasteiger partial charge in [-0.2, -0.15) is 11.8 Å². The van der Waals surface area contributed by atoms with Gasteiger partial charge >= 0.3 is 12.0 Å². The Hall–Kier alpha value is -2.79. The maximum absolute atomic E-state index is 12.8. The fourth-order valence-corrected chi connectivity index (χ4v) is 3.51. The molecule has 2 atom stereocenters. The van der Waals surface area contributed by atoms with E-state index in [4.69, 9.17) is 16.6 Å². The van der Waals surface area contributed by atoms with Gasteiger partial charge in [0.2, 0.25) is 11.8 Å². The summed E-state index contributed by atoms with van der Waals surface area (Å²) < 4.78 is 0. The van der Waals surface area contributed by atoms with Crippen molar-refractivity contribution in [2.75, 3.05) is 17.6 Å². The lowest BCUT2D eigenvalue weighted by Crippen LogP contribution is -2.51. The Labute approximate surface area is 192 Å². The molecule has 10 nitrogen and oxygen atoms in total. The maximum atomic E-state index is 12.8. The molecule has 1 unspecified atom stereocenters. The van der Waals surface area contributed by atoms with Crippen LogP contribution in [-0.4, -0.2) is 53.3 Å². The summed E-state index contributed by atoms with van der Waals surface area (Å²) in [5, 5.41) is 16.6. The van der Waals surface area contributed by atoms with E-state index in [1.807, 2.05) is 26.0 Å². The SMILES string of the molecule is CC(C)[C@H](N)C(=O)NC(CCCNC(N)=O)C(=O)Nc1ccc(CSCCC(=O)O)cc1. The fraction of sp³-hybridized carbons (Fsp3) is 0.524. The van der Waals surface area contributed by atoms with Gasteiger partial charge in [-0.25, -0.2) is 4.79 Å². The molecule has 0 radical (unpaired) electrons. The van der Waals surface area contributed by atoms with Gasteiger partial charge in [-0.15, -0.1) is 0 Å². The number of carbonyl (C=O) groups is 4. The lowest BCUT2D eigenvalue weighted by atomic mass is 10.0. The minimum atomic E-state index is -0.826. The third-order valence-electron chi connectivity index (χ3n) is 4.57.